The number of hydrogen-bond acceptors (Lipinski definition) is 5. The first kappa shape index (κ1) is 8.45. The number of carbonyl (C=O) groups is 1. The third-order valence-electron chi connectivity index (χ3n) is 1.25. The van der Waals surface area contributed by atoms with Gasteiger partial charge in [0.15, 0.2) is 0 Å². The molecule has 0 aliphatic carbocycles. The minimum absolute atomic E-state index is 0.0185. The predicted molar refractivity (Wildman–Crippen MR) is 37.7 cm³/mol. The summed E-state index contributed by atoms with van der Waals surface area (Å²) in [4.78, 5) is 17.8. The molecule has 1 aromatic heterocycles. The van der Waals surface area contributed by atoms with Crippen LogP contribution in [0.25, 0.3) is 0 Å². The molecule has 0 spiro atoms. The number of ether oxygens (including phenoxy) is 1. The van der Waals surface area contributed by atoms with Gasteiger partial charge in [-0.15, -0.1) is 0 Å². The average Bonchev–Trinajstić information content (AvgIpc) is 2.03. The van der Waals surface area contributed by atoms with E-state index >= 15 is 0 Å². The lowest BCUT2D eigenvalue weighted by Gasteiger charge is -2.06. The summed E-state index contributed by atoms with van der Waals surface area (Å²) in [6.07, 6.45) is 1.34. The van der Waals surface area contributed by atoms with Crippen molar-refractivity contribution in [2.45, 2.75) is 6.92 Å². The van der Waals surface area contributed by atoms with Crippen LogP contribution in [0.1, 0.15) is 16.2 Å². The molecule has 0 aromatic carbocycles. The molecule has 0 amide bonds. The number of aryl methyl sites for hydroxylation is 1. The quantitative estimate of drug-likeness (QED) is 0.574. The van der Waals surface area contributed by atoms with Crippen molar-refractivity contribution in [2.75, 3.05) is 7.11 Å². The van der Waals surface area contributed by atoms with Crippen LogP contribution in [0, 0.1) is 6.92 Å². The van der Waals surface area contributed by atoms with E-state index in [9.17, 15) is 9.90 Å². The first-order valence-electron chi connectivity index (χ1n) is 3.24. The van der Waals surface area contributed by atoms with Gasteiger partial charge in [0.25, 0.3) is 0 Å². The molecular formula is C7H7N2O3-. The SMILES string of the molecule is COc1nc(C)cnc1C(=O)[O-]. The Morgan fingerprint density at radius 3 is 2.83 bits per heavy atom. The molecule has 5 nitrogen and oxygen atoms in total. The molecule has 12 heavy (non-hydrogen) atoms. The van der Waals surface area contributed by atoms with Crippen molar-refractivity contribution in [3.05, 3.63) is 17.6 Å². The molecule has 1 heterocycles. The van der Waals surface area contributed by atoms with E-state index in [-0.39, 0.29) is 11.6 Å². The molecule has 0 N–H and O–H groups in total. The highest BCUT2D eigenvalue weighted by Crippen LogP contribution is 2.10. The van der Waals surface area contributed by atoms with Gasteiger partial charge in [-0.25, -0.2) is 9.97 Å². The van der Waals surface area contributed by atoms with Gasteiger partial charge in [0.2, 0.25) is 5.88 Å². The van der Waals surface area contributed by atoms with Crippen LogP contribution in [0.3, 0.4) is 0 Å². The molecule has 64 valence electrons. The minimum Gasteiger partial charge on any atom is -0.543 e. The average molecular weight is 167 g/mol. The summed E-state index contributed by atoms with van der Waals surface area (Å²) in [5.74, 6) is -1.41. The van der Waals surface area contributed by atoms with Gasteiger partial charge in [-0.2, -0.15) is 0 Å². The van der Waals surface area contributed by atoms with Gasteiger partial charge in [0, 0.05) is 6.20 Å². The summed E-state index contributed by atoms with van der Waals surface area (Å²) in [5.41, 5.74) is 0.319. The first-order valence-corrected chi connectivity index (χ1v) is 3.24. The summed E-state index contributed by atoms with van der Waals surface area (Å²) < 4.78 is 4.69. The number of nitrogens with zero attached hydrogens (tertiary/aromatic N) is 2. The van der Waals surface area contributed by atoms with Gasteiger partial charge >= 0.3 is 0 Å². The van der Waals surface area contributed by atoms with Crippen molar-refractivity contribution in [3.63, 3.8) is 0 Å². The molecule has 0 fully saturated rings. The Hall–Kier alpha value is -1.65. The van der Waals surface area contributed by atoms with Crippen LogP contribution in [0.15, 0.2) is 6.20 Å². The highest BCUT2D eigenvalue weighted by molar-refractivity contribution is 5.85. The maximum atomic E-state index is 10.4. The molecule has 0 bridgehead atoms. The van der Waals surface area contributed by atoms with E-state index in [1.807, 2.05) is 0 Å². The van der Waals surface area contributed by atoms with E-state index in [4.69, 9.17) is 4.74 Å². The Morgan fingerprint density at radius 1 is 1.67 bits per heavy atom. The van der Waals surface area contributed by atoms with Crippen LogP contribution < -0.4 is 9.84 Å². The monoisotopic (exact) mass is 167 g/mol. The van der Waals surface area contributed by atoms with Crippen molar-refractivity contribution in [3.8, 4) is 5.88 Å². The largest absolute Gasteiger partial charge is 0.543 e. The fraction of sp³-hybridized carbons (Fsp3) is 0.286. The van der Waals surface area contributed by atoms with Crippen molar-refractivity contribution in [1.82, 2.24) is 9.97 Å². The second kappa shape index (κ2) is 3.17. The maximum Gasteiger partial charge on any atom is 0.241 e. The third kappa shape index (κ3) is 1.50. The van der Waals surface area contributed by atoms with Gasteiger partial charge in [0.05, 0.1) is 18.8 Å². The smallest absolute Gasteiger partial charge is 0.241 e. The van der Waals surface area contributed by atoms with Crippen LogP contribution in [0.5, 0.6) is 5.88 Å². The zero-order chi connectivity index (χ0) is 9.14. The third-order valence-corrected chi connectivity index (χ3v) is 1.25. The predicted octanol–water partition coefficient (Wildman–Crippen LogP) is -0.843. The molecule has 0 unspecified atom stereocenters. The Kier molecular flexibility index (Phi) is 2.23. The molecule has 0 aliphatic heterocycles. The van der Waals surface area contributed by atoms with Crippen LogP contribution in [-0.4, -0.2) is 23.0 Å². The summed E-state index contributed by atoms with van der Waals surface area (Å²) >= 11 is 0. The lowest BCUT2D eigenvalue weighted by molar-refractivity contribution is -0.255. The van der Waals surface area contributed by atoms with E-state index in [0.717, 1.165) is 0 Å². The van der Waals surface area contributed by atoms with Crippen molar-refractivity contribution >= 4 is 5.97 Å². The standard InChI is InChI=1S/C7H8N2O3/c1-4-3-8-5(7(10)11)6(9-4)12-2/h3H,1-2H3,(H,10,11)/p-1. The fourth-order valence-electron chi connectivity index (χ4n) is 0.738. The van der Waals surface area contributed by atoms with E-state index in [1.54, 1.807) is 6.92 Å². The van der Waals surface area contributed by atoms with E-state index < -0.39 is 5.97 Å². The summed E-state index contributed by atoms with van der Waals surface area (Å²) in [5, 5.41) is 10.4. The number of hydrogen-bond donors (Lipinski definition) is 0. The maximum absolute atomic E-state index is 10.4. The molecule has 0 saturated carbocycles. The zero-order valence-corrected chi connectivity index (χ0v) is 6.70. The minimum atomic E-state index is -1.39. The van der Waals surface area contributed by atoms with E-state index in [0.29, 0.717) is 5.69 Å². The van der Waals surface area contributed by atoms with Crippen molar-refractivity contribution in [1.29, 1.82) is 0 Å². The van der Waals surface area contributed by atoms with Crippen molar-refractivity contribution < 1.29 is 14.6 Å². The van der Waals surface area contributed by atoms with Crippen LogP contribution in [0.4, 0.5) is 0 Å². The lowest BCUT2D eigenvalue weighted by atomic mass is 10.4. The molecule has 1 aromatic rings. The van der Waals surface area contributed by atoms with Crippen LogP contribution in [0.2, 0.25) is 0 Å². The number of carboxylic acid groups (broad SMARTS) is 1. The Labute approximate surface area is 69.0 Å². The number of carboxylic acids is 1. The molecule has 0 aliphatic rings. The summed E-state index contributed by atoms with van der Waals surface area (Å²) in [6.45, 7) is 1.69. The van der Waals surface area contributed by atoms with Crippen LogP contribution in [-0.2, 0) is 0 Å². The van der Waals surface area contributed by atoms with Gasteiger partial charge < -0.3 is 14.6 Å². The van der Waals surface area contributed by atoms with E-state index in [2.05, 4.69) is 9.97 Å². The fourth-order valence-corrected chi connectivity index (χ4v) is 0.738. The normalized spacial score (nSPS) is 9.50. The zero-order valence-electron chi connectivity index (χ0n) is 6.70. The molecule has 1 rings (SSSR count). The Bertz CT molecular complexity index is 312. The molecule has 5 heteroatoms. The second-order valence-corrected chi connectivity index (χ2v) is 2.16. The molecule has 0 saturated heterocycles. The van der Waals surface area contributed by atoms with Crippen molar-refractivity contribution in [2.24, 2.45) is 0 Å². The second-order valence-electron chi connectivity index (χ2n) is 2.16. The van der Waals surface area contributed by atoms with Gasteiger partial charge in [-0.3, -0.25) is 0 Å². The highest BCUT2D eigenvalue weighted by atomic mass is 16.5. The Balaban J connectivity index is 3.20. The molecule has 0 atom stereocenters. The number of carbonyl (C=O) groups excluding carboxylic acids is 1. The van der Waals surface area contributed by atoms with Crippen LogP contribution >= 0.6 is 0 Å². The Morgan fingerprint density at radius 2 is 2.33 bits per heavy atom. The topological polar surface area (TPSA) is 75.1 Å². The lowest BCUT2D eigenvalue weighted by Crippen LogP contribution is -2.24. The number of methoxy groups -OCH3 is 1. The first-order chi connectivity index (χ1) is 5.65. The summed E-state index contributed by atoms with van der Waals surface area (Å²) in [6, 6.07) is 0. The van der Waals surface area contributed by atoms with Gasteiger partial charge in [-0.05, 0) is 6.92 Å². The number of aromatic carboxylic acids is 1. The highest BCUT2D eigenvalue weighted by Gasteiger charge is 2.06. The number of aromatic nitrogens is 2. The van der Waals surface area contributed by atoms with Gasteiger partial charge in [-0.1, -0.05) is 0 Å². The molecular weight excluding hydrogens is 160 g/mol. The molecule has 0 radical (unpaired) electrons. The van der Waals surface area contributed by atoms with Gasteiger partial charge in [0.1, 0.15) is 5.69 Å². The van der Waals surface area contributed by atoms with E-state index in [1.165, 1.54) is 13.3 Å². The number of rotatable bonds is 2. The summed E-state index contributed by atoms with van der Waals surface area (Å²) in [7, 11) is 1.33.